The van der Waals surface area contributed by atoms with Gasteiger partial charge in [0.15, 0.2) is 0 Å². The van der Waals surface area contributed by atoms with E-state index in [4.69, 9.17) is 5.11 Å². The fraction of sp³-hybridized carbons (Fsp3) is 0.357. The molecule has 0 saturated heterocycles. The lowest BCUT2D eigenvalue weighted by molar-refractivity contribution is -0.149. The lowest BCUT2D eigenvalue weighted by atomic mass is 9.89. The van der Waals surface area contributed by atoms with Gasteiger partial charge in [-0.15, -0.1) is 0 Å². The second-order valence-electron chi connectivity index (χ2n) is 4.86. The van der Waals surface area contributed by atoms with Gasteiger partial charge >= 0.3 is 5.97 Å². The first-order chi connectivity index (χ1) is 9.41. The van der Waals surface area contributed by atoms with Gasteiger partial charge in [-0.25, -0.2) is 4.79 Å². The highest BCUT2D eigenvalue weighted by atomic mass is 16.4. The highest BCUT2D eigenvalue weighted by Gasteiger charge is 2.34. The smallest absolute Gasteiger partial charge is 0.326 e. The quantitative estimate of drug-likeness (QED) is 0.863. The maximum absolute atomic E-state index is 12.4. The zero-order valence-electron chi connectivity index (χ0n) is 11.3. The number of para-hydroxylation sites is 1. The number of rotatable bonds is 3. The van der Waals surface area contributed by atoms with Crippen LogP contribution in [0.4, 0.5) is 5.69 Å². The maximum atomic E-state index is 12.4. The van der Waals surface area contributed by atoms with Crippen LogP contribution in [0.2, 0.25) is 0 Å². The topological polar surface area (TPSA) is 86.7 Å². The Balaban J connectivity index is 2.31. The van der Waals surface area contributed by atoms with E-state index in [1.165, 1.54) is 18.9 Å². The first-order valence-corrected chi connectivity index (χ1v) is 6.30. The number of carboxylic acid groups (broad SMARTS) is 1. The van der Waals surface area contributed by atoms with Gasteiger partial charge in [-0.05, 0) is 18.6 Å². The van der Waals surface area contributed by atoms with E-state index in [-0.39, 0.29) is 18.2 Å². The largest absolute Gasteiger partial charge is 0.480 e. The molecule has 2 atom stereocenters. The Labute approximate surface area is 116 Å². The number of nitrogens with zero attached hydrogens (tertiary/aromatic N) is 1. The molecule has 2 amide bonds. The number of hydrogen-bond acceptors (Lipinski definition) is 3. The van der Waals surface area contributed by atoms with Crippen LogP contribution in [0.3, 0.4) is 0 Å². The number of benzene rings is 1. The van der Waals surface area contributed by atoms with E-state index in [0.717, 1.165) is 5.56 Å². The molecule has 2 N–H and O–H groups in total. The Hall–Kier alpha value is -2.37. The Bertz CT molecular complexity index is 570. The Morgan fingerprint density at radius 3 is 2.70 bits per heavy atom. The number of aliphatic carboxylic acids is 1. The molecular formula is C14H16N2O4. The number of carbonyl (C=O) groups is 3. The average molecular weight is 276 g/mol. The highest BCUT2D eigenvalue weighted by Crippen LogP contribution is 2.33. The number of amides is 2. The lowest BCUT2D eigenvalue weighted by Gasteiger charge is -2.30. The van der Waals surface area contributed by atoms with E-state index in [1.807, 2.05) is 0 Å². The minimum Gasteiger partial charge on any atom is -0.480 e. The molecule has 0 aliphatic carbocycles. The third kappa shape index (κ3) is 2.49. The van der Waals surface area contributed by atoms with Crippen LogP contribution in [-0.2, 0) is 14.4 Å². The standard InChI is InChI=1S/C14H16N2O4/c1-8(14(19)20)16(2)13(18)10-7-12(17)15-11-6-4-3-5-9(10)11/h3-6,8,10H,7H2,1-2H3,(H,15,17)(H,19,20). The van der Waals surface area contributed by atoms with Crippen molar-refractivity contribution in [3.8, 4) is 0 Å². The molecule has 2 unspecified atom stereocenters. The van der Waals surface area contributed by atoms with Crippen molar-refractivity contribution in [1.29, 1.82) is 0 Å². The molecule has 1 aliphatic rings. The molecule has 1 aromatic carbocycles. The van der Waals surface area contributed by atoms with Crippen molar-refractivity contribution in [3.05, 3.63) is 29.8 Å². The van der Waals surface area contributed by atoms with Crippen molar-refractivity contribution in [2.24, 2.45) is 0 Å². The summed E-state index contributed by atoms with van der Waals surface area (Å²) in [6.45, 7) is 1.44. The minimum absolute atomic E-state index is 0.0343. The van der Waals surface area contributed by atoms with Gasteiger partial charge in [-0.3, -0.25) is 9.59 Å². The summed E-state index contributed by atoms with van der Waals surface area (Å²) in [5.74, 6) is -2.30. The summed E-state index contributed by atoms with van der Waals surface area (Å²) < 4.78 is 0. The zero-order valence-corrected chi connectivity index (χ0v) is 11.3. The molecule has 0 spiro atoms. The molecule has 0 bridgehead atoms. The number of carbonyl (C=O) groups excluding carboxylic acids is 2. The second kappa shape index (κ2) is 5.32. The Kier molecular flexibility index (Phi) is 3.74. The molecule has 6 heteroatoms. The fourth-order valence-corrected chi connectivity index (χ4v) is 2.23. The Morgan fingerprint density at radius 1 is 1.40 bits per heavy atom. The Morgan fingerprint density at radius 2 is 2.05 bits per heavy atom. The summed E-state index contributed by atoms with van der Waals surface area (Å²) in [5, 5.41) is 11.7. The average Bonchev–Trinajstić information content (AvgIpc) is 2.43. The molecule has 0 saturated carbocycles. The normalized spacial score (nSPS) is 18.7. The fourth-order valence-electron chi connectivity index (χ4n) is 2.23. The van der Waals surface area contributed by atoms with Gasteiger partial charge in [0, 0.05) is 19.2 Å². The zero-order chi connectivity index (χ0) is 14.9. The summed E-state index contributed by atoms with van der Waals surface area (Å²) >= 11 is 0. The molecular weight excluding hydrogens is 260 g/mol. The molecule has 106 valence electrons. The van der Waals surface area contributed by atoms with E-state index in [0.29, 0.717) is 5.69 Å². The van der Waals surface area contributed by atoms with E-state index >= 15 is 0 Å². The predicted octanol–water partition coefficient (Wildman–Crippen LogP) is 1.04. The van der Waals surface area contributed by atoms with Crippen LogP contribution in [0.1, 0.15) is 24.8 Å². The van der Waals surface area contributed by atoms with E-state index in [9.17, 15) is 14.4 Å². The minimum atomic E-state index is -1.07. The summed E-state index contributed by atoms with van der Waals surface area (Å²) in [7, 11) is 1.44. The number of fused-ring (bicyclic) bond motifs is 1. The third-order valence-corrected chi connectivity index (χ3v) is 3.58. The van der Waals surface area contributed by atoms with Gasteiger partial charge in [-0.1, -0.05) is 18.2 Å². The monoisotopic (exact) mass is 276 g/mol. The summed E-state index contributed by atoms with van der Waals surface area (Å²) in [5.41, 5.74) is 1.33. The molecule has 1 aliphatic heterocycles. The van der Waals surface area contributed by atoms with Crippen LogP contribution in [0.15, 0.2) is 24.3 Å². The van der Waals surface area contributed by atoms with Gasteiger partial charge in [0.2, 0.25) is 11.8 Å². The number of hydrogen-bond donors (Lipinski definition) is 2. The van der Waals surface area contributed by atoms with Crippen molar-refractivity contribution in [3.63, 3.8) is 0 Å². The van der Waals surface area contributed by atoms with Gasteiger partial charge in [0.05, 0.1) is 5.92 Å². The molecule has 1 heterocycles. The van der Waals surface area contributed by atoms with Crippen LogP contribution >= 0.6 is 0 Å². The highest BCUT2D eigenvalue weighted by molar-refractivity contribution is 6.01. The van der Waals surface area contributed by atoms with E-state index in [1.54, 1.807) is 24.3 Å². The molecule has 0 aromatic heterocycles. The van der Waals surface area contributed by atoms with Crippen LogP contribution in [0, 0.1) is 0 Å². The molecule has 0 fully saturated rings. The van der Waals surface area contributed by atoms with Crippen LogP contribution in [-0.4, -0.2) is 40.9 Å². The van der Waals surface area contributed by atoms with E-state index < -0.39 is 17.9 Å². The number of carboxylic acids is 1. The third-order valence-electron chi connectivity index (χ3n) is 3.58. The van der Waals surface area contributed by atoms with Crippen molar-refractivity contribution in [1.82, 2.24) is 4.90 Å². The van der Waals surface area contributed by atoms with Crippen molar-refractivity contribution >= 4 is 23.5 Å². The molecule has 2 rings (SSSR count). The number of likely N-dealkylation sites (N-methyl/N-ethyl adjacent to an activating group) is 1. The van der Waals surface area contributed by atoms with Gasteiger partial charge in [0.1, 0.15) is 6.04 Å². The molecule has 0 radical (unpaired) electrons. The van der Waals surface area contributed by atoms with Crippen molar-refractivity contribution in [2.75, 3.05) is 12.4 Å². The summed E-state index contributed by atoms with van der Waals surface area (Å²) in [4.78, 5) is 36.2. The first kappa shape index (κ1) is 14.0. The number of anilines is 1. The van der Waals surface area contributed by atoms with Gasteiger partial charge in [-0.2, -0.15) is 0 Å². The summed E-state index contributed by atoms with van der Waals surface area (Å²) in [6, 6.07) is 6.14. The van der Waals surface area contributed by atoms with Crippen molar-refractivity contribution < 1.29 is 19.5 Å². The van der Waals surface area contributed by atoms with Crippen LogP contribution < -0.4 is 5.32 Å². The van der Waals surface area contributed by atoms with Gasteiger partial charge in [0.25, 0.3) is 0 Å². The second-order valence-corrected chi connectivity index (χ2v) is 4.86. The SMILES string of the molecule is CC(C(=O)O)N(C)C(=O)C1CC(=O)Nc2ccccc21. The first-order valence-electron chi connectivity index (χ1n) is 6.30. The number of nitrogens with one attached hydrogen (secondary N) is 1. The maximum Gasteiger partial charge on any atom is 0.326 e. The summed E-state index contributed by atoms with van der Waals surface area (Å²) in [6.07, 6.45) is 0.0343. The van der Waals surface area contributed by atoms with Crippen LogP contribution in [0.5, 0.6) is 0 Å². The van der Waals surface area contributed by atoms with Crippen LogP contribution in [0.25, 0.3) is 0 Å². The van der Waals surface area contributed by atoms with Gasteiger partial charge < -0.3 is 15.3 Å². The molecule has 6 nitrogen and oxygen atoms in total. The lowest BCUT2D eigenvalue weighted by Crippen LogP contribution is -2.44. The van der Waals surface area contributed by atoms with E-state index in [2.05, 4.69) is 5.32 Å². The van der Waals surface area contributed by atoms with Crippen molar-refractivity contribution in [2.45, 2.75) is 25.3 Å². The predicted molar refractivity (Wildman–Crippen MR) is 72.3 cm³/mol. The molecule has 20 heavy (non-hydrogen) atoms. The molecule has 1 aromatic rings.